The standard InChI is InChI=1S/C20H29F3N4O/c1-25-4-6-27(7-5-25)17-8-15-12-26(13-16(15)9-18(17)28)11-14-2-3-19(24-10-14)20(21,22)23/h2-3,10,15-18,28H,4-9,11-13H2,1H3/t15-,16+,17-,18-/m1/s1. The number of fused-ring (bicyclic) bond motifs is 1. The van der Waals surface area contributed by atoms with Crippen molar-refractivity contribution in [2.75, 3.05) is 46.3 Å². The van der Waals surface area contributed by atoms with Gasteiger partial charge in [0.1, 0.15) is 5.69 Å². The Labute approximate surface area is 164 Å². The molecule has 4 atom stereocenters. The number of halogens is 3. The molecular weight excluding hydrogens is 369 g/mol. The van der Waals surface area contributed by atoms with E-state index >= 15 is 0 Å². The summed E-state index contributed by atoms with van der Waals surface area (Å²) >= 11 is 0. The molecule has 1 aliphatic carbocycles. The van der Waals surface area contributed by atoms with Gasteiger partial charge in [-0.1, -0.05) is 6.07 Å². The fraction of sp³-hybridized carbons (Fsp3) is 0.750. The Bertz CT molecular complexity index is 660. The molecule has 1 saturated carbocycles. The number of hydrogen-bond acceptors (Lipinski definition) is 5. The lowest BCUT2D eigenvalue weighted by Crippen LogP contribution is -2.55. The number of hydrogen-bond donors (Lipinski definition) is 1. The van der Waals surface area contributed by atoms with E-state index in [0.29, 0.717) is 18.4 Å². The molecule has 4 rings (SSSR count). The van der Waals surface area contributed by atoms with Gasteiger partial charge in [0.25, 0.3) is 0 Å². The van der Waals surface area contributed by atoms with Gasteiger partial charge in [-0.25, -0.2) is 0 Å². The van der Waals surface area contributed by atoms with Crippen LogP contribution in [0.25, 0.3) is 0 Å². The minimum Gasteiger partial charge on any atom is -0.391 e. The molecule has 0 radical (unpaired) electrons. The third kappa shape index (κ3) is 4.35. The summed E-state index contributed by atoms with van der Waals surface area (Å²) in [6.45, 7) is 6.58. The van der Waals surface area contributed by atoms with Gasteiger partial charge in [-0.15, -0.1) is 0 Å². The number of rotatable bonds is 3. The summed E-state index contributed by atoms with van der Waals surface area (Å²) in [6.07, 6.45) is -1.50. The van der Waals surface area contributed by atoms with E-state index in [1.54, 1.807) is 0 Å². The van der Waals surface area contributed by atoms with Gasteiger partial charge in [0.05, 0.1) is 6.10 Å². The number of likely N-dealkylation sites (N-methyl/N-ethyl adjacent to an activating group) is 1. The number of aliphatic hydroxyl groups excluding tert-OH is 1. The van der Waals surface area contributed by atoms with Crippen LogP contribution >= 0.6 is 0 Å². The maximum atomic E-state index is 12.7. The Morgan fingerprint density at radius 3 is 2.36 bits per heavy atom. The highest BCUT2D eigenvalue weighted by Crippen LogP contribution is 2.39. The van der Waals surface area contributed by atoms with Gasteiger partial charge in [-0.05, 0) is 43.4 Å². The number of pyridine rings is 1. The fourth-order valence-corrected chi connectivity index (χ4v) is 5.12. The summed E-state index contributed by atoms with van der Waals surface area (Å²) in [5.41, 5.74) is -0.0349. The van der Waals surface area contributed by atoms with Crippen molar-refractivity contribution in [3.8, 4) is 0 Å². The van der Waals surface area contributed by atoms with Crippen LogP contribution in [0.15, 0.2) is 18.3 Å². The molecule has 1 aromatic rings. The van der Waals surface area contributed by atoms with Crippen molar-refractivity contribution in [3.05, 3.63) is 29.6 Å². The molecule has 5 nitrogen and oxygen atoms in total. The molecule has 3 aliphatic rings. The summed E-state index contributed by atoms with van der Waals surface area (Å²) in [4.78, 5) is 10.6. The van der Waals surface area contributed by atoms with E-state index in [9.17, 15) is 18.3 Å². The second kappa shape index (κ2) is 7.89. The van der Waals surface area contributed by atoms with E-state index in [1.807, 2.05) is 0 Å². The van der Waals surface area contributed by atoms with Crippen LogP contribution in [0.3, 0.4) is 0 Å². The normalized spacial score (nSPS) is 33.2. The molecule has 8 heteroatoms. The maximum Gasteiger partial charge on any atom is 0.433 e. The molecule has 0 aromatic carbocycles. The first-order chi connectivity index (χ1) is 13.3. The third-order valence-corrected chi connectivity index (χ3v) is 6.71. The predicted octanol–water partition coefficient (Wildman–Crippen LogP) is 1.92. The molecule has 3 fully saturated rings. The molecule has 1 aromatic heterocycles. The Morgan fingerprint density at radius 1 is 1.07 bits per heavy atom. The van der Waals surface area contributed by atoms with Crippen molar-refractivity contribution < 1.29 is 18.3 Å². The Kier molecular flexibility index (Phi) is 5.66. The third-order valence-electron chi connectivity index (χ3n) is 6.71. The van der Waals surface area contributed by atoms with Crippen LogP contribution in [0.2, 0.25) is 0 Å². The molecule has 3 heterocycles. The average molecular weight is 398 g/mol. The predicted molar refractivity (Wildman–Crippen MR) is 99.6 cm³/mol. The van der Waals surface area contributed by atoms with Gasteiger partial charge in [-0.3, -0.25) is 14.8 Å². The van der Waals surface area contributed by atoms with E-state index in [0.717, 1.165) is 63.7 Å². The molecule has 28 heavy (non-hydrogen) atoms. The second-order valence-corrected chi connectivity index (χ2v) is 8.71. The first kappa shape index (κ1) is 20.1. The minimum atomic E-state index is -4.39. The van der Waals surface area contributed by atoms with E-state index in [1.165, 1.54) is 12.3 Å². The fourth-order valence-electron chi connectivity index (χ4n) is 5.12. The topological polar surface area (TPSA) is 42.8 Å². The number of alkyl halides is 3. The Balaban J connectivity index is 1.34. The van der Waals surface area contributed by atoms with Gasteiger partial charge in [0, 0.05) is 58.1 Å². The zero-order valence-corrected chi connectivity index (χ0v) is 16.3. The number of likely N-dealkylation sites (tertiary alicyclic amines) is 1. The summed E-state index contributed by atoms with van der Waals surface area (Å²) in [6, 6.07) is 2.83. The van der Waals surface area contributed by atoms with Gasteiger partial charge in [0.15, 0.2) is 0 Å². The van der Waals surface area contributed by atoms with Gasteiger partial charge >= 0.3 is 6.18 Å². The molecule has 2 aliphatic heterocycles. The lowest BCUT2D eigenvalue weighted by Gasteiger charge is -2.44. The number of piperazine rings is 1. The Hall–Kier alpha value is -1.22. The smallest absolute Gasteiger partial charge is 0.391 e. The first-order valence-electron chi connectivity index (χ1n) is 10.1. The summed E-state index contributed by atoms with van der Waals surface area (Å²) in [5.74, 6) is 1.02. The lowest BCUT2D eigenvalue weighted by molar-refractivity contribution is -0.141. The molecule has 2 saturated heterocycles. The van der Waals surface area contributed by atoms with Crippen LogP contribution < -0.4 is 0 Å². The zero-order chi connectivity index (χ0) is 19.9. The molecule has 0 bridgehead atoms. The van der Waals surface area contributed by atoms with E-state index < -0.39 is 11.9 Å². The number of nitrogens with zero attached hydrogens (tertiary/aromatic N) is 4. The van der Waals surface area contributed by atoms with Crippen molar-refractivity contribution in [3.63, 3.8) is 0 Å². The molecule has 0 amide bonds. The van der Waals surface area contributed by atoms with Crippen molar-refractivity contribution in [1.29, 1.82) is 0 Å². The van der Waals surface area contributed by atoms with Crippen molar-refractivity contribution >= 4 is 0 Å². The minimum absolute atomic E-state index is 0.239. The van der Waals surface area contributed by atoms with Crippen molar-refractivity contribution in [2.45, 2.75) is 37.7 Å². The Morgan fingerprint density at radius 2 is 1.75 bits per heavy atom. The highest BCUT2D eigenvalue weighted by atomic mass is 19.4. The largest absolute Gasteiger partial charge is 0.433 e. The molecule has 156 valence electrons. The maximum absolute atomic E-state index is 12.7. The van der Waals surface area contributed by atoms with Crippen molar-refractivity contribution in [2.24, 2.45) is 11.8 Å². The molecule has 0 spiro atoms. The monoisotopic (exact) mass is 398 g/mol. The zero-order valence-electron chi connectivity index (χ0n) is 16.3. The van der Waals surface area contributed by atoms with Crippen LogP contribution in [0.1, 0.15) is 24.1 Å². The van der Waals surface area contributed by atoms with E-state index in [4.69, 9.17) is 0 Å². The van der Waals surface area contributed by atoms with Crippen LogP contribution in [0, 0.1) is 11.8 Å². The average Bonchev–Trinajstić information content (AvgIpc) is 3.02. The van der Waals surface area contributed by atoms with E-state index in [2.05, 4.69) is 26.7 Å². The summed E-state index contributed by atoms with van der Waals surface area (Å²) < 4.78 is 38.0. The molecule has 0 unspecified atom stereocenters. The van der Waals surface area contributed by atoms with Gasteiger partial charge < -0.3 is 10.0 Å². The van der Waals surface area contributed by atoms with Gasteiger partial charge in [0.2, 0.25) is 0 Å². The number of aromatic nitrogens is 1. The number of aliphatic hydroxyl groups is 1. The highest BCUT2D eigenvalue weighted by molar-refractivity contribution is 5.16. The lowest BCUT2D eigenvalue weighted by atomic mass is 9.77. The SMILES string of the molecule is CN1CCN([C@@H]2C[C@@H]3CN(Cc4ccc(C(F)(F)F)nc4)C[C@@H]3C[C@H]2O)CC1. The van der Waals surface area contributed by atoms with Crippen LogP contribution in [0.5, 0.6) is 0 Å². The summed E-state index contributed by atoms with van der Waals surface area (Å²) in [7, 11) is 2.13. The molecular formula is C20H29F3N4O. The van der Waals surface area contributed by atoms with Crippen LogP contribution in [-0.4, -0.2) is 83.3 Å². The van der Waals surface area contributed by atoms with Crippen LogP contribution in [0.4, 0.5) is 13.2 Å². The quantitative estimate of drug-likeness (QED) is 0.843. The summed E-state index contributed by atoms with van der Waals surface area (Å²) in [5, 5.41) is 10.7. The highest BCUT2D eigenvalue weighted by Gasteiger charge is 2.43. The van der Waals surface area contributed by atoms with Crippen molar-refractivity contribution in [1.82, 2.24) is 19.7 Å². The first-order valence-corrected chi connectivity index (χ1v) is 10.1. The second-order valence-electron chi connectivity index (χ2n) is 8.71. The van der Waals surface area contributed by atoms with E-state index in [-0.39, 0.29) is 12.1 Å². The van der Waals surface area contributed by atoms with Crippen LogP contribution in [-0.2, 0) is 12.7 Å². The molecule has 1 N–H and O–H groups in total. The van der Waals surface area contributed by atoms with Gasteiger partial charge in [-0.2, -0.15) is 13.2 Å².